The van der Waals surface area contributed by atoms with Crippen LogP contribution >= 0.6 is 0 Å². The van der Waals surface area contributed by atoms with Crippen LogP contribution in [0.4, 0.5) is 11.5 Å². The second-order valence-electron chi connectivity index (χ2n) is 6.15. The van der Waals surface area contributed by atoms with Gasteiger partial charge in [-0.25, -0.2) is 0 Å². The van der Waals surface area contributed by atoms with Crippen LogP contribution in [0.15, 0.2) is 54.6 Å². The Morgan fingerprint density at radius 2 is 1.89 bits per heavy atom. The fourth-order valence-electron chi connectivity index (χ4n) is 2.74. The summed E-state index contributed by atoms with van der Waals surface area (Å²) in [6.07, 6.45) is 0.157. The van der Waals surface area contributed by atoms with Crippen LogP contribution in [0.25, 0.3) is 11.1 Å². The molecule has 0 aliphatic carbocycles. The highest BCUT2D eigenvalue weighted by Crippen LogP contribution is 2.27. The highest BCUT2D eigenvalue weighted by Gasteiger charge is 2.19. The number of hydrogen-bond acceptors (Lipinski definition) is 4. The number of carbonyl (C=O) groups is 2. The number of aromatic nitrogens is 2. The van der Waals surface area contributed by atoms with Gasteiger partial charge in [-0.05, 0) is 30.2 Å². The normalized spacial score (nSPS) is 10.4. The zero-order chi connectivity index (χ0) is 19.2. The molecule has 0 fully saturated rings. The summed E-state index contributed by atoms with van der Waals surface area (Å²) in [7, 11) is 0. The number of aromatic amines is 1. The molecule has 3 aromatic rings. The molecule has 0 aliphatic rings. The highest BCUT2D eigenvalue weighted by molar-refractivity contribution is 6.01. The summed E-state index contributed by atoms with van der Waals surface area (Å²) in [4.78, 5) is 24.5. The molecule has 1 heterocycles. The Morgan fingerprint density at radius 3 is 2.63 bits per heavy atom. The molecule has 7 nitrogen and oxygen atoms in total. The average molecular weight is 363 g/mol. The number of amides is 2. The molecule has 2 amide bonds. The van der Waals surface area contributed by atoms with Crippen molar-refractivity contribution in [3.05, 3.63) is 65.9 Å². The first-order valence-corrected chi connectivity index (χ1v) is 8.58. The van der Waals surface area contributed by atoms with Gasteiger partial charge in [0.05, 0.1) is 5.56 Å². The van der Waals surface area contributed by atoms with Gasteiger partial charge in [-0.1, -0.05) is 42.5 Å². The third kappa shape index (κ3) is 4.52. The number of H-pyrrole nitrogens is 1. The molecule has 2 aromatic carbocycles. The first-order valence-electron chi connectivity index (χ1n) is 8.58. The first kappa shape index (κ1) is 18.2. The van der Waals surface area contributed by atoms with E-state index in [-0.39, 0.29) is 36.3 Å². The molecule has 5 N–H and O–H groups in total. The van der Waals surface area contributed by atoms with Gasteiger partial charge in [-0.15, -0.1) is 0 Å². The molecule has 0 atom stereocenters. The third-order valence-electron chi connectivity index (χ3n) is 4.02. The summed E-state index contributed by atoms with van der Waals surface area (Å²) < 4.78 is 0. The van der Waals surface area contributed by atoms with E-state index in [9.17, 15) is 9.59 Å². The number of hydrogen-bond donors (Lipinski definition) is 4. The predicted octanol–water partition coefficient (Wildman–Crippen LogP) is 2.73. The lowest BCUT2D eigenvalue weighted by atomic mass is 10.1. The van der Waals surface area contributed by atoms with Crippen molar-refractivity contribution in [2.24, 2.45) is 0 Å². The molecule has 0 unspecified atom stereocenters. The maximum atomic E-state index is 12.5. The molecule has 27 heavy (non-hydrogen) atoms. The molecule has 0 saturated heterocycles. The predicted molar refractivity (Wildman–Crippen MR) is 105 cm³/mol. The first-order chi connectivity index (χ1) is 13.0. The van der Waals surface area contributed by atoms with Crippen LogP contribution in [0.2, 0.25) is 0 Å². The highest BCUT2D eigenvalue weighted by atomic mass is 16.2. The number of aryl methyl sites for hydroxylation is 1. The van der Waals surface area contributed by atoms with Crippen molar-refractivity contribution in [2.45, 2.75) is 13.3 Å². The van der Waals surface area contributed by atoms with Crippen molar-refractivity contribution in [2.75, 3.05) is 17.6 Å². The number of anilines is 2. The van der Waals surface area contributed by atoms with E-state index in [0.29, 0.717) is 5.56 Å². The zero-order valence-electron chi connectivity index (χ0n) is 15.0. The number of nitrogens with two attached hydrogens (primary N) is 1. The molecule has 1 aromatic heterocycles. The Hall–Kier alpha value is -3.61. The summed E-state index contributed by atoms with van der Waals surface area (Å²) in [5.74, 6) is -0.279. The van der Waals surface area contributed by atoms with Crippen LogP contribution in [-0.4, -0.2) is 28.6 Å². The quantitative estimate of drug-likeness (QED) is 0.539. The Morgan fingerprint density at radius 1 is 1.11 bits per heavy atom. The van der Waals surface area contributed by atoms with E-state index in [1.807, 2.05) is 61.5 Å². The third-order valence-corrected chi connectivity index (χ3v) is 4.02. The molecule has 0 aliphatic heterocycles. The van der Waals surface area contributed by atoms with Gasteiger partial charge in [0.25, 0.3) is 5.91 Å². The largest absolute Gasteiger partial charge is 0.382 e. The van der Waals surface area contributed by atoms with Gasteiger partial charge >= 0.3 is 0 Å². The van der Waals surface area contributed by atoms with E-state index in [1.54, 1.807) is 0 Å². The minimum atomic E-state index is -0.360. The van der Waals surface area contributed by atoms with E-state index >= 15 is 0 Å². The molecule has 3 rings (SSSR count). The summed E-state index contributed by atoms with van der Waals surface area (Å²) in [5, 5.41) is 12.1. The lowest BCUT2D eigenvalue weighted by Gasteiger charge is -2.08. The summed E-state index contributed by atoms with van der Waals surface area (Å²) in [5.41, 5.74) is 9.32. The molecule has 0 bridgehead atoms. The molecule has 0 radical (unpaired) electrons. The maximum absolute atomic E-state index is 12.5. The second kappa shape index (κ2) is 8.18. The minimum Gasteiger partial charge on any atom is -0.382 e. The van der Waals surface area contributed by atoms with Crippen LogP contribution < -0.4 is 16.4 Å². The van der Waals surface area contributed by atoms with Crippen LogP contribution in [0.1, 0.15) is 22.5 Å². The number of nitrogen functional groups attached to an aromatic ring is 1. The van der Waals surface area contributed by atoms with Crippen LogP contribution in [-0.2, 0) is 4.79 Å². The van der Waals surface area contributed by atoms with E-state index < -0.39 is 0 Å². The van der Waals surface area contributed by atoms with Gasteiger partial charge in [0, 0.05) is 18.7 Å². The minimum absolute atomic E-state index is 0.157. The van der Waals surface area contributed by atoms with Crippen LogP contribution in [0.5, 0.6) is 0 Å². The van der Waals surface area contributed by atoms with Crippen molar-refractivity contribution in [1.82, 2.24) is 15.5 Å². The van der Waals surface area contributed by atoms with Gasteiger partial charge in [0.15, 0.2) is 5.82 Å². The van der Waals surface area contributed by atoms with Gasteiger partial charge in [0.2, 0.25) is 5.91 Å². The van der Waals surface area contributed by atoms with Gasteiger partial charge in [0.1, 0.15) is 5.69 Å². The lowest BCUT2D eigenvalue weighted by molar-refractivity contribution is -0.116. The summed E-state index contributed by atoms with van der Waals surface area (Å²) >= 11 is 0. The molecular formula is C20H21N5O2. The van der Waals surface area contributed by atoms with Crippen molar-refractivity contribution in [3.8, 4) is 11.1 Å². The van der Waals surface area contributed by atoms with Gasteiger partial charge in [-0.3, -0.25) is 14.7 Å². The second-order valence-corrected chi connectivity index (χ2v) is 6.15. The molecule has 138 valence electrons. The van der Waals surface area contributed by atoms with E-state index in [0.717, 1.165) is 16.8 Å². The van der Waals surface area contributed by atoms with Gasteiger partial charge < -0.3 is 16.4 Å². The SMILES string of the molecule is Cc1cccc(NC(=O)CCNC(=O)c2[nH]nc(N)c2-c2ccccc2)c1. The topological polar surface area (TPSA) is 113 Å². The summed E-state index contributed by atoms with van der Waals surface area (Å²) in [6, 6.07) is 16.8. The Kier molecular flexibility index (Phi) is 5.51. The van der Waals surface area contributed by atoms with Crippen LogP contribution in [0, 0.1) is 6.92 Å². The van der Waals surface area contributed by atoms with E-state index in [1.165, 1.54) is 0 Å². The summed E-state index contributed by atoms with van der Waals surface area (Å²) in [6.45, 7) is 2.15. The number of carbonyl (C=O) groups excluding carboxylic acids is 2. The fraction of sp³-hybridized carbons (Fsp3) is 0.150. The number of rotatable bonds is 6. The number of benzene rings is 2. The molecule has 7 heteroatoms. The lowest BCUT2D eigenvalue weighted by Crippen LogP contribution is -2.28. The molecule has 0 saturated carbocycles. The molecule has 0 spiro atoms. The van der Waals surface area contributed by atoms with Crippen LogP contribution in [0.3, 0.4) is 0 Å². The standard InChI is InChI=1S/C20H21N5O2/c1-13-6-5-9-15(12-13)23-16(26)10-11-22-20(27)18-17(19(21)25-24-18)14-7-3-2-4-8-14/h2-9,12H,10-11H2,1H3,(H,22,27)(H,23,26)(H3,21,24,25). The Labute approximate surface area is 157 Å². The molecular weight excluding hydrogens is 342 g/mol. The van der Waals surface area contributed by atoms with Crippen molar-refractivity contribution in [1.29, 1.82) is 0 Å². The number of nitrogens with one attached hydrogen (secondary N) is 3. The van der Waals surface area contributed by atoms with Gasteiger partial charge in [-0.2, -0.15) is 5.10 Å². The monoisotopic (exact) mass is 363 g/mol. The van der Waals surface area contributed by atoms with Crippen molar-refractivity contribution < 1.29 is 9.59 Å². The number of nitrogens with zero attached hydrogens (tertiary/aromatic N) is 1. The fourth-order valence-corrected chi connectivity index (χ4v) is 2.74. The van der Waals surface area contributed by atoms with E-state index in [2.05, 4.69) is 20.8 Å². The van der Waals surface area contributed by atoms with Crippen molar-refractivity contribution in [3.63, 3.8) is 0 Å². The smallest absolute Gasteiger partial charge is 0.270 e. The van der Waals surface area contributed by atoms with Crippen molar-refractivity contribution >= 4 is 23.3 Å². The zero-order valence-corrected chi connectivity index (χ0v) is 15.0. The maximum Gasteiger partial charge on any atom is 0.270 e. The Balaban J connectivity index is 1.58. The Bertz CT molecular complexity index is 950. The van der Waals surface area contributed by atoms with E-state index in [4.69, 9.17) is 5.73 Å². The average Bonchev–Trinajstić information content (AvgIpc) is 3.04.